The number of carbonyl (C=O) groups excluding carboxylic acids is 1. The number of benzene rings is 2. The lowest BCUT2D eigenvalue weighted by Gasteiger charge is -2.17. The minimum Gasteiger partial charge on any atom is -0.352 e. The molecule has 1 amide bonds. The molecule has 162 valence electrons. The smallest absolute Gasteiger partial charge is 0.240 e. The largest absolute Gasteiger partial charge is 0.352 e. The van der Waals surface area contributed by atoms with Crippen molar-refractivity contribution in [2.24, 2.45) is 0 Å². The maximum absolute atomic E-state index is 12.4. The van der Waals surface area contributed by atoms with E-state index in [1.807, 2.05) is 32.0 Å². The van der Waals surface area contributed by atoms with E-state index in [2.05, 4.69) is 21.0 Å². The molecule has 0 spiro atoms. The molecule has 6 nitrogen and oxygen atoms in total. The van der Waals surface area contributed by atoms with Crippen molar-refractivity contribution in [2.75, 3.05) is 19.6 Å². The molecule has 0 radical (unpaired) electrons. The summed E-state index contributed by atoms with van der Waals surface area (Å²) in [6.45, 7) is 7.49. The van der Waals surface area contributed by atoms with E-state index in [9.17, 15) is 13.2 Å². The first-order valence-corrected chi connectivity index (χ1v) is 12.0. The fourth-order valence-corrected chi connectivity index (χ4v) is 4.73. The Morgan fingerprint density at radius 1 is 1.00 bits per heavy atom. The Balaban J connectivity index is 1.48. The molecule has 0 aromatic heterocycles. The van der Waals surface area contributed by atoms with Gasteiger partial charge in [0.15, 0.2) is 0 Å². The lowest BCUT2D eigenvalue weighted by Crippen LogP contribution is -2.31. The third kappa shape index (κ3) is 6.14. The second-order valence-corrected chi connectivity index (χ2v) is 9.69. The van der Waals surface area contributed by atoms with Crippen molar-refractivity contribution in [3.8, 4) is 0 Å². The molecule has 0 saturated carbocycles. The number of hydrogen-bond acceptors (Lipinski definition) is 4. The Morgan fingerprint density at radius 2 is 1.70 bits per heavy atom. The number of aryl methyl sites for hydroxylation is 2. The third-order valence-corrected chi connectivity index (χ3v) is 7.08. The summed E-state index contributed by atoms with van der Waals surface area (Å²) in [5.41, 5.74) is 4.30. The summed E-state index contributed by atoms with van der Waals surface area (Å²) in [5, 5.41) is 2.91. The van der Waals surface area contributed by atoms with Gasteiger partial charge in [-0.1, -0.05) is 30.3 Å². The second-order valence-electron chi connectivity index (χ2n) is 7.92. The van der Waals surface area contributed by atoms with Crippen LogP contribution in [-0.2, 0) is 27.9 Å². The standard InChI is InChI=1S/C23H31N3O3S/c1-18-9-10-22(15-19(18)2)30(28,29)25-12-11-23(27)24-16-20-7-3-4-8-21(20)17-26-13-5-6-14-26/h3-4,7-10,15,25H,5-6,11-14,16-17H2,1-2H3,(H,24,27). The highest BCUT2D eigenvalue weighted by Crippen LogP contribution is 2.16. The van der Waals surface area contributed by atoms with E-state index < -0.39 is 10.0 Å². The van der Waals surface area contributed by atoms with E-state index in [1.165, 1.54) is 18.4 Å². The summed E-state index contributed by atoms with van der Waals surface area (Å²) in [6.07, 6.45) is 2.59. The van der Waals surface area contributed by atoms with Gasteiger partial charge in [0.25, 0.3) is 0 Å². The summed E-state index contributed by atoms with van der Waals surface area (Å²) in [6, 6.07) is 13.2. The van der Waals surface area contributed by atoms with Gasteiger partial charge in [0.05, 0.1) is 4.90 Å². The maximum atomic E-state index is 12.4. The van der Waals surface area contributed by atoms with Crippen molar-refractivity contribution in [1.29, 1.82) is 0 Å². The van der Waals surface area contributed by atoms with Crippen molar-refractivity contribution in [1.82, 2.24) is 14.9 Å². The van der Waals surface area contributed by atoms with Crippen LogP contribution in [0, 0.1) is 13.8 Å². The number of rotatable bonds is 9. The van der Waals surface area contributed by atoms with Gasteiger partial charge < -0.3 is 5.32 Å². The minimum absolute atomic E-state index is 0.0660. The molecule has 7 heteroatoms. The fraction of sp³-hybridized carbons (Fsp3) is 0.435. The van der Waals surface area contributed by atoms with Crippen LogP contribution in [0.1, 0.15) is 41.5 Å². The van der Waals surface area contributed by atoms with E-state index >= 15 is 0 Å². The van der Waals surface area contributed by atoms with Crippen LogP contribution in [0.25, 0.3) is 0 Å². The molecule has 30 heavy (non-hydrogen) atoms. The lowest BCUT2D eigenvalue weighted by atomic mass is 10.1. The van der Waals surface area contributed by atoms with Crippen molar-refractivity contribution in [3.63, 3.8) is 0 Å². The molecular formula is C23H31N3O3S. The van der Waals surface area contributed by atoms with Gasteiger partial charge in [-0.2, -0.15) is 0 Å². The highest BCUT2D eigenvalue weighted by atomic mass is 32.2. The molecule has 0 bridgehead atoms. The Labute approximate surface area is 179 Å². The van der Waals surface area contributed by atoms with Crippen LogP contribution in [0.15, 0.2) is 47.4 Å². The third-order valence-electron chi connectivity index (χ3n) is 5.62. The first-order chi connectivity index (χ1) is 14.3. The van der Waals surface area contributed by atoms with Gasteiger partial charge in [0, 0.05) is 26.1 Å². The van der Waals surface area contributed by atoms with Gasteiger partial charge in [0.2, 0.25) is 15.9 Å². The summed E-state index contributed by atoms with van der Waals surface area (Å²) in [7, 11) is -3.62. The normalized spacial score (nSPS) is 14.7. The van der Waals surface area contributed by atoms with Crippen LogP contribution in [0.2, 0.25) is 0 Å². The maximum Gasteiger partial charge on any atom is 0.240 e. The van der Waals surface area contributed by atoms with E-state index in [-0.39, 0.29) is 23.8 Å². The lowest BCUT2D eigenvalue weighted by molar-refractivity contribution is -0.121. The average Bonchev–Trinajstić information content (AvgIpc) is 3.22. The Morgan fingerprint density at radius 3 is 2.40 bits per heavy atom. The Bertz CT molecular complexity index is 983. The van der Waals surface area contributed by atoms with Crippen molar-refractivity contribution in [3.05, 3.63) is 64.7 Å². The summed E-state index contributed by atoms with van der Waals surface area (Å²) < 4.78 is 27.4. The van der Waals surface area contributed by atoms with Crippen LogP contribution in [0.4, 0.5) is 0 Å². The highest BCUT2D eigenvalue weighted by molar-refractivity contribution is 7.89. The van der Waals surface area contributed by atoms with Crippen LogP contribution < -0.4 is 10.0 Å². The molecule has 1 aliphatic heterocycles. The molecule has 0 atom stereocenters. The fourth-order valence-electron chi connectivity index (χ4n) is 3.61. The van der Waals surface area contributed by atoms with Crippen molar-refractivity contribution < 1.29 is 13.2 Å². The van der Waals surface area contributed by atoms with Gasteiger partial charge in [-0.05, 0) is 74.2 Å². The molecular weight excluding hydrogens is 398 g/mol. The summed E-state index contributed by atoms with van der Waals surface area (Å²) in [4.78, 5) is 14.9. The van der Waals surface area contributed by atoms with Gasteiger partial charge in [-0.25, -0.2) is 13.1 Å². The number of hydrogen-bond donors (Lipinski definition) is 2. The number of likely N-dealkylation sites (tertiary alicyclic amines) is 1. The zero-order chi connectivity index (χ0) is 21.6. The van der Waals surface area contributed by atoms with E-state index in [1.54, 1.807) is 18.2 Å². The highest BCUT2D eigenvalue weighted by Gasteiger charge is 2.16. The van der Waals surface area contributed by atoms with Crippen LogP contribution in [0.5, 0.6) is 0 Å². The monoisotopic (exact) mass is 429 g/mol. The Hall–Kier alpha value is -2.22. The molecule has 2 aromatic rings. The zero-order valence-corrected chi connectivity index (χ0v) is 18.6. The first kappa shape index (κ1) is 22.5. The summed E-state index contributed by atoms with van der Waals surface area (Å²) in [5.74, 6) is -0.172. The van der Waals surface area contributed by atoms with Gasteiger partial charge in [-0.3, -0.25) is 9.69 Å². The molecule has 2 aromatic carbocycles. The molecule has 1 fully saturated rings. The van der Waals surface area contributed by atoms with E-state index in [0.717, 1.165) is 36.3 Å². The van der Waals surface area contributed by atoms with Gasteiger partial charge in [0.1, 0.15) is 0 Å². The number of sulfonamides is 1. The van der Waals surface area contributed by atoms with Crippen LogP contribution in [-0.4, -0.2) is 38.9 Å². The van der Waals surface area contributed by atoms with Crippen LogP contribution >= 0.6 is 0 Å². The predicted octanol–water partition coefficient (Wildman–Crippen LogP) is 2.88. The number of nitrogens with zero attached hydrogens (tertiary/aromatic N) is 1. The molecule has 0 unspecified atom stereocenters. The Kier molecular flexibility index (Phi) is 7.64. The minimum atomic E-state index is -3.62. The molecule has 1 saturated heterocycles. The number of amides is 1. The van der Waals surface area contributed by atoms with E-state index in [4.69, 9.17) is 0 Å². The molecule has 1 heterocycles. The number of carbonyl (C=O) groups is 1. The molecule has 3 rings (SSSR count). The quantitative estimate of drug-likeness (QED) is 0.643. The average molecular weight is 430 g/mol. The topological polar surface area (TPSA) is 78.5 Å². The zero-order valence-electron chi connectivity index (χ0n) is 17.8. The molecule has 0 aliphatic carbocycles. The predicted molar refractivity (Wildman–Crippen MR) is 119 cm³/mol. The molecule has 2 N–H and O–H groups in total. The van der Waals surface area contributed by atoms with Gasteiger partial charge in [-0.15, -0.1) is 0 Å². The molecule has 1 aliphatic rings. The second kappa shape index (κ2) is 10.2. The SMILES string of the molecule is Cc1ccc(S(=O)(=O)NCCC(=O)NCc2ccccc2CN2CCCC2)cc1C. The number of nitrogens with one attached hydrogen (secondary N) is 2. The van der Waals surface area contributed by atoms with Crippen LogP contribution in [0.3, 0.4) is 0 Å². The first-order valence-electron chi connectivity index (χ1n) is 10.5. The summed E-state index contributed by atoms with van der Waals surface area (Å²) >= 11 is 0. The van der Waals surface area contributed by atoms with Crippen molar-refractivity contribution >= 4 is 15.9 Å². The van der Waals surface area contributed by atoms with Gasteiger partial charge >= 0.3 is 0 Å². The van der Waals surface area contributed by atoms with Crippen molar-refractivity contribution in [2.45, 2.75) is 51.1 Å². The van der Waals surface area contributed by atoms with E-state index in [0.29, 0.717) is 6.54 Å².